The Morgan fingerprint density at radius 1 is 1.03 bits per heavy atom. The van der Waals surface area contributed by atoms with Crippen LogP contribution in [-0.2, 0) is 6.54 Å². The van der Waals surface area contributed by atoms with E-state index >= 15 is 0 Å². The predicted molar refractivity (Wildman–Crippen MR) is 113 cm³/mol. The molecule has 3 fully saturated rings. The highest BCUT2D eigenvalue weighted by molar-refractivity contribution is 6.33. The van der Waals surface area contributed by atoms with Gasteiger partial charge in [-0.3, -0.25) is 0 Å². The molecule has 2 saturated carbocycles. The van der Waals surface area contributed by atoms with Crippen LogP contribution in [0.25, 0.3) is 11.3 Å². The number of benzene rings is 1. The van der Waals surface area contributed by atoms with Crippen LogP contribution < -0.4 is 5.32 Å². The lowest BCUT2D eigenvalue weighted by Gasteiger charge is -2.28. The first-order chi connectivity index (χ1) is 14.2. The van der Waals surface area contributed by atoms with Crippen LogP contribution in [0.5, 0.6) is 0 Å². The molecule has 0 amide bonds. The van der Waals surface area contributed by atoms with E-state index in [1.165, 1.54) is 63.9 Å². The van der Waals surface area contributed by atoms with Crippen LogP contribution >= 0.6 is 11.6 Å². The number of rotatable bonds is 6. The molecular formula is C23H28ClFN4. The molecule has 1 saturated heterocycles. The van der Waals surface area contributed by atoms with Gasteiger partial charge in [-0.05, 0) is 60.9 Å². The molecule has 0 bridgehead atoms. The van der Waals surface area contributed by atoms with Gasteiger partial charge in [-0.15, -0.1) is 0 Å². The molecule has 6 heteroatoms. The first-order valence-electron chi connectivity index (χ1n) is 10.9. The molecule has 2 aliphatic carbocycles. The first-order valence-corrected chi connectivity index (χ1v) is 11.3. The van der Waals surface area contributed by atoms with Gasteiger partial charge in [0.05, 0.1) is 16.4 Å². The molecule has 0 unspecified atom stereocenters. The van der Waals surface area contributed by atoms with Crippen molar-refractivity contribution in [2.45, 2.75) is 44.7 Å². The number of nitrogens with zero attached hydrogens (tertiary/aromatic N) is 3. The Labute approximate surface area is 176 Å². The van der Waals surface area contributed by atoms with E-state index in [9.17, 15) is 4.39 Å². The van der Waals surface area contributed by atoms with Crippen molar-refractivity contribution in [1.82, 2.24) is 20.4 Å². The zero-order valence-corrected chi connectivity index (χ0v) is 17.4. The SMILES string of the molecule is Fc1ccc(Cl)c(-c2ccc(CNC3[C@@H]4CN(CC5CCCCC5)C[C@@H]34)nn2)c1. The molecular weight excluding hydrogens is 387 g/mol. The molecule has 29 heavy (non-hydrogen) atoms. The molecule has 2 aromatic rings. The maximum absolute atomic E-state index is 13.5. The Morgan fingerprint density at radius 2 is 1.83 bits per heavy atom. The van der Waals surface area contributed by atoms with Gasteiger partial charge in [-0.25, -0.2) is 4.39 Å². The molecule has 1 aliphatic heterocycles. The fourth-order valence-electron chi connectivity index (χ4n) is 5.31. The van der Waals surface area contributed by atoms with Crippen LogP contribution in [0.15, 0.2) is 30.3 Å². The number of aromatic nitrogens is 2. The third-order valence-electron chi connectivity index (χ3n) is 6.95. The molecule has 2 atom stereocenters. The third-order valence-corrected chi connectivity index (χ3v) is 7.28. The fourth-order valence-corrected chi connectivity index (χ4v) is 5.53. The normalized spacial score (nSPS) is 27.2. The molecule has 0 spiro atoms. The van der Waals surface area contributed by atoms with Gasteiger partial charge in [-0.1, -0.05) is 30.9 Å². The maximum Gasteiger partial charge on any atom is 0.123 e. The van der Waals surface area contributed by atoms with Crippen LogP contribution in [0.1, 0.15) is 37.8 Å². The van der Waals surface area contributed by atoms with Crippen molar-refractivity contribution in [2.75, 3.05) is 19.6 Å². The summed E-state index contributed by atoms with van der Waals surface area (Å²) in [6.45, 7) is 4.54. The van der Waals surface area contributed by atoms with Crippen LogP contribution in [0, 0.1) is 23.6 Å². The second-order valence-electron chi connectivity index (χ2n) is 8.99. The minimum atomic E-state index is -0.324. The lowest BCUT2D eigenvalue weighted by atomic mass is 9.89. The highest BCUT2D eigenvalue weighted by atomic mass is 35.5. The summed E-state index contributed by atoms with van der Waals surface area (Å²) in [5, 5.41) is 12.7. The van der Waals surface area contributed by atoms with Gasteiger partial charge in [0.15, 0.2) is 0 Å². The van der Waals surface area contributed by atoms with Gasteiger partial charge in [0.2, 0.25) is 0 Å². The fraction of sp³-hybridized carbons (Fsp3) is 0.565. The van der Waals surface area contributed by atoms with Crippen molar-refractivity contribution >= 4 is 11.6 Å². The van der Waals surface area contributed by atoms with Crippen molar-refractivity contribution in [3.8, 4) is 11.3 Å². The summed E-state index contributed by atoms with van der Waals surface area (Å²) >= 11 is 6.16. The van der Waals surface area contributed by atoms with Crippen molar-refractivity contribution in [1.29, 1.82) is 0 Å². The van der Waals surface area contributed by atoms with Crippen LogP contribution in [0.3, 0.4) is 0 Å². The summed E-state index contributed by atoms with van der Waals surface area (Å²) < 4.78 is 13.5. The Balaban J connectivity index is 1.10. The maximum atomic E-state index is 13.5. The summed E-state index contributed by atoms with van der Waals surface area (Å²) in [7, 11) is 0. The summed E-state index contributed by atoms with van der Waals surface area (Å²) in [6, 6.07) is 8.73. The Morgan fingerprint density at radius 3 is 2.55 bits per heavy atom. The number of likely N-dealkylation sites (tertiary alicyclic amines) is 1. The first kappa shape index (κ1) is 19.4. The molecule has 2 heterocycles. The van der Waals surface area contributed by atoms with Crippen molar-refractivity contribution in [2.24, 2.45) is 17.8 Å². The Bertz CT molecular complexity index is 840. The molecule has 5 rings (SSSR count). The zero-order chi connectivity index (χ0) is 19.8. The van der Waals surface area contributed by atoms with E-state index in [1.807, 2.05) is 12.1 Å². The number of piperidine rings is 1. The number of fused-ring (bicyclic) bond motifs is 1. The molecule has 1 aromatic heterocycles. The van der Waals surface area contributed by atoms with E-state index in [1.54, 1.807) is 6.07 Å². The lowest BCUT2D eigenvalue weighted by Crippen LogP contribution is -2.34. The van der Waals surface area contributed by atoms with Crippen LogP contribution in [-0.4, -0.2) is 40.8 Å². The number of halogens is 2. The average Bonchev–Trinajstić information content (AvgIpc) is 3.20. The van der Waals surface area contributed by atoms with Gasteiger partial charge in [0.25, 0.3) is 0 Å². The second kappa shape index (κ2) is 8.29. The lowest BCUT2D eigenvalue weighted by molar-refractivity contribution is 0.211. The van der Waals surface area contributed by atoms with E-state index in [-0.39, 0.29) is 5.82 Å². The van der Waals surface area contributed by atoms with Gasteiger partial charge < -0.3 is 10.2 Å². The minimum Gasteiger partial charge on any atom is -0.308 e. The van der Waals surface area contributed by atoms with Gasteiger partial charge in [0.1, 0.15) is 5.82 Å². The highest BCUT2D eigenvalue weighted by Crippen LogP contribution is 2.46. The van der Waals surface area contributed by atoms with Crippen LogP contribution in [0.4, 0.5) is 4.39 Å². The zero-order valence-electron chi connectivity index (χ0n) is 16.7. The highest BCUT2D eigenvalue weighted by Gasteiger charge is 2.55. The van der Waals surface area contributed by atoms with E-state index in [2.05, 4.69) is 20.4 Å². The topological polar surface area (TPSA) is 41.0 Å². The quantitative estimate of drug-likeness (QED) is 0.753. The number of hydrogen-bond acceptors (Lipinski definition) is 4. The van der Waals surface area contributed by atoms with Crippen molar-refractivity contribution in [3.63, 3.8) is 0 Å². The number of hydrogen-bond donors (Lipinski definition) is 1. The smallest absolute Gasteiger partial charge is 0.123 e. The van der Waals surface area contributed by atoms with E-state index in [0.29, 0.717) is 22.3 Å². The summed E-state index contributed by atoms with van der Waals surface area (Å²) in [5.74, 6) is 2.22. The van der Waals surface area contributed by atoms with E-state index < -0.39 is 0 Å². The Kier molecular flexibility index (Phi) is 5.55. The third kappa shape index (κ3) is 4.32. The van der Waals surface area contributed by atoms with Crippen molar-refractivity contribution in [3.05, 3.63) is 46.9 Å². The Hall–Kier alpha value is -1.56. The second-order valence-corrected chi connectivity index (χ2v) is 9.40. The number of nitrogens with one attached hydrogen (secondary N) is 1. The molecule has 154 valence electrons. The van der Waals surface area contributed by atoms with E-state index in [0.717, 1.165) is 30.0 Å². The summed E-state index contributed by atoms with van der Waals surface area (Å²) in [5.41, 5.74) is 2.08. The van der Waals surface area contributed by atoms with E-state index in [4.69, 9.17) is 11.6 Å². The summed E-state index contributed by atoms with van der Waals surface area (Å²) in [4.78, 5) is 2.70. The molecule has 1 N–H and O–H groups in total. The van der Waals surface area contributed by atoms with Crippen molar-refractivity contribution < 1.29 is 4.39 Å². The molecule has 3 aliphatic rings. The minimum absolute atomic E-state index is 0.324. The monoisotopic (exact) mass is 414 g/mol. The molecule has 1 aromatic carbocycles. The largest absolute Gasteiger partial charge is 0.308 e. The molecule has 4 nitrogen and oxygen atoms in total. The molecule has 0 radical (unpaired) electrons. The average molecular weight is 415 g/mol. The standard InChI is InChI=1S/C23H28ClFN4/c24-21-8-6-16(25)10-18(21)22-9-7-17(27-28-22)11-26-23-19-13-29(14-20(19)23)12-15-4-2-1-3-5-15/h6-10,15,19-20,23,26H,1-5,11-14H2/t19-,20-/m1/s1. The predicted octanol–water partition coefficient (Wildman–Crippen LogP) is 4.54. The van der Waals surface area contributed by atoms with Gasteiger partial charge in [-0.2, -0.15) is 10.2 Å². The van der Waals surface area contributed by atoms with Gasteiger partial charge >= 0.3 is 0 Å². The summed E-state index contributed by atoms with van der Waals surface area (Å²) in [6.07, 6.45) is 7.17. The van der Waals surface area contributed by atoms with Crippen LogP contribution in [0.2, 0.25) is 5.02 Å². The van der Waals surface area contributed by atoms with Gasteiger partial charge in [0, 0.05) is 37.8 Å².